The third kappa shape index (κ3) is 2.79. The SMILES string of the molecule is O=C(O)c1sccc1C#CCCS. The van der Waals surface area contributed by atoms with Crippen molar-refractivity contribution in [3.05, 3.63) is 21.9 Å². The van der Waals surface area contributed by atoms with Crippen molar-refractivity contribution in [2.75, 3.05) is 5.75 Å². The van der Waals surface area contributed by atoms with Gasteiger partial charge in [-0.1, -0.05) is 11.8 Å². The summed E-state index contributed by atoms with van der Waals surface area (Å²) < 4.78 is 0. The van der Waals surface area contributed by atoms with Gasteiger partial charge >= 0.3 is 5.97 Å². The molecule has 0 fully saturated rings. The van der Waals surface area contributed by atoms with Crippen molar-refractivity contribution in [2.24, 2.45) is 0 Å². The Hall–Kier alpha value is -0.920. The molecule has 0 aromatic carbocycles. The van der Waals surface area contributed by atoms with E-state index in [0.717, 1.165) is 0 Å². The maximum Gasteiger partial charge on any atom is 0.347 e. The number of aromatic carboxylic acids is 1. The number of hydrogen-bond donors (Lipinski definition) is 2. The molecular formula is C9H8O2S2. The summed E-state index contributed by atoms with van der Waals surface area (Å²) in [4.78, 5) is 11.0. The Labute approximate surface area is 86.0 Å². The van der Waals surface area contributed by atoms with E-state index in [1.165, 1.54) is 11.3 Å². The number of carbonyl (C=O) groups is 1. The van der Waals surface area contributed by atoms with Crippen molar-refractivity contribution < 1.29 is 9.90 Å². The minimum absolute atomic E-state index is 0.312. The quantitative estimate of drug-likeness (QED) is 0.582. The van der Waals surface area contributed by atoms with Gasteiger partial charge < -0.3 is 5.11 Å². The molecule has 0 saturated carbocycles. The first kappa shape index (κ1) is 10.2. The van der Waals surface area contributed by atoms with Crippen molar-refractivity contribution in [2.45, 2.75) is 6.42 Å². The summed E-state index contributed by atoms with van der Waals surface area (Å²) in [6.07, 6.45) is 0.679. The van der Waals surface area contributed by atoms with E-state index < -0.39 is 5.97 Å². The Morgan fingerprint density at radius 1 is 1.69 bits per heavy atom. The van der Waals surface area contributed by atoms with Gasteiger partial charge in [0.15, 0.2) is 0 Å². The first-order valence-corrected chi connectivity index (χ1v) is 5.17. The molecule has 0 amide bonds. The van der Waals surface area contributed by atoms with E-state index in [0.29, 0.717) is 22.6 Å². The van der Waals surface area contributed by atoms with Crippen LogP contribution in [0.25, 0.3) is 0 Å². The van der Waals surface area contributed by atoms with Crippen LogP contribution in [-0.2, 0) is 0 Å². The first-order chi connectivity index (χ1) is 6.25. The molecule has 0 aliphatic heterocycles. The molecule has 1 heterocycles. The van der Waals surface area contributed by atoms with Crippen LogP contribution in [0, 0.1) is 11.8 Å². The van der Waals surface area contributed by atoms with Crippen LogP contribution >= 0.6 is 24.0 Å². The molecule has 0 atom stereocenters. The van der Waals surface area contributed by atoms with Gasteiger partial charge in [-0.3, -0.25) is 0 Å². The van der Waals surface area contributed by atoms with Crippen molar-refractivity contribution in [1.29, 1.82) is 0 Å². The standard InChI is InChI=1S/C9H8O2S2/c10-9(11)8-7(4-6-13-8)3-1-2-5-12/h4,6,12H,2,5H2,(H,10,11). The maximum absolute atomic E-state index is 10.6. The van der Waals surface area contributed by atoms with Gasteiger partial charge in [0.2, 0.25) is 0 Å². The Kier molecular flexibility index (Phi) is 3.87. The van der Waals surface area contributed by atoms with Crippen molar-refractivity contribution in [3.8, 4) is 11.8 Å². The predicted octanol–water partition coefficient (Wildman–Crippen LogP) is 2.12. The van der Waals surface area contributed by atoms with E-state index in [2.05, 4.69) is 24.5 Å². The second-order valence-corrected chi connectivity index (χ2v) is 3.61. The van der Waals surface area contributed by atoms with Crippen LogP contribution < -0.4 is 0 Å². The fourth-order valence-corrected chi connectivity index (χ4v) is 1.59. The molecule has 0 bridgehead atoms. The fraction of sp³-hybridized carbons (Fsp3) is 0.222. The van der Waals surface area contributed by atoms with Gasteiger partial charge in [-0.25, -0.2) is 4.79 Å². The lowest BCUT2D eigenvalue weighted by Crippen LogP contribution is -1.94. The zero-order valence-electron chi connectivity index (χ0n) is 6.78. The number of thiophene rings is 1. The van der Waals surface area contributed by atoms with Crippen LogP contribution in [0.3, 0.4) is 0 Å². The lowest BCUT2D eigenvalue weighted by molar-refractivity contribution is 0.0702. The fourth-order valence-electron chi connectivity index (χ4n) is 0.787. The van der Waals surface area contributed by atoms with Gasteiger partial charge in [-0.05, 0) is 11.4 Å². The van der Waals surface area contributed by atoms with Crippen LogP contribution in [0.15, 0.2) is 11.4 Å². The second kappa shape index (κ2) is 4.95. The minimum atomic E-state index is -0.912. The van der Waals surface area contributed by atoms with E-state index in [9.17, 15) is 4.79 Å². The Bertz CT molecular complexity index is 357. The third-order valence-corrected chi connectivity index (χ3v) is 2.45. The molecule has 0 saturated heterocycles. The second-order valence-electron chi connectivity index (χ2n) is 2.24. The van der Waals surface area contributed by atoms with Crippen LogP contribution in [0.2, 0.25) is 0 Å². The molecule has 68 valence electrons. The Morgan fingerprint density at radius 3 is 3.08 bits per heavy atom. The number of carboxylic acids is 1. The summed E-state index contributed by atoms with van der Waals surface area (Å²) in [6, 6.07) is 1.72. The highest BCUT2D eigenvalue weighted by Gasteiger charge is 2.08. The van der Waals surface area contributed by atoms with Gasteiger partial charge in [0.05, 0.1) is 0 Å². The maximum atomic E-state index is 10.6. The summed E-state index contributed by atoms with van der Waals surface area (Å²) in [5, 5.41) is 10.5. The highest BCUT2D eigenvalue weighted by Crippen LogP contribution is 2.15. The van der Waals surface area contributed by atoms with Crippen LogP contribution in [0.1, 0.15) is 21.7 Å². The van der Waals surface area contributed by atoms with Crippen LogP contribution in [0.5, 0.6) is 0 Å². The summed E-state index contributed by atoms with van der Waals surface area (Å²) in [6.45, 7) is 0. The molecule has 13 heavy (non-hydrogen) atoms. The van der Waals surface area contributed by atoms with Crippen molar-refractivity contribution >= 4 is 29.9 Å². The summed E-state index contributed by atoms with van der Waals surface area (Å²) in [5.74, 6) is 5.44. The molecule has 1 N–H and O–H groups in total. The third-order valence-electron chi connectivity index (χ3n) is 1.32. The topological polar surface area (TPSA) is 37.3 Å². The Morgan fingerprint density at radius 2 is 2.46 bits per heavy atom. The van der Waals surface area contributed by atoms with E-state index in [4.69, 9.17) is 5.11 Å². The monoisotopic (exact) mass is 212 g/mol. The molecule has 4 heteroatoms. The van der Waals surface area contributed by atoms with Crippen LogP contribution in [0.4, 0.5) is 0 Å². The predicted molar refractivity (Wildman–Crippen MR) is 56.6 cm³/mol. The van der Waals surface area contributed by atoms with Gasteiger partial charge in [-0.15, -0.1) is 11.3 Å². The number of carboxylic acid groups (broad SMARTS) is 1. The van der Waals surface area contributed by atoms with E-state index in [1.54, 1.807) is 11.4 Å². The first-order valence-electron chi connectivity index (χ1n) is 3.66. The average molecular weight is 212 g/mol. The summed E-state index contributed by atoms with van der Waals surface area (Å²) in [5.41, 5.74) is 0.597. The molecule has 1 rings (SSSR count). The highest BCUT2D eigenvalue weighted by molar-refractivity contribution is 7.80. The molecule has 2 nitrogen and oxygen atoms in total. The number of rotatable bonds is 2. The van der Waals surface area contributed by atoms with Gasteiger partial charge in [0.1, 0.15) is 4.88 Å². The molecular weight excluding hydrogens is 204 g/mol. The molecule has 0 aliphatic carbocycles. The average Bonchev–Trinajstić information content (AvgIpc) is 2.53. The highest BCUT2D eigenvalue weighted by atomic mass is 32.1. The smallest absolute Gasteiger partial charge is 0.347 e. The normalized spacial score (nSPS) is 9.00. The zero-order chi connectivity index (χ0) is 9.68. The zero-order valence-corrected chi connectivity index (χ0v) is 8.49. The van der Waals surface area contributed by atoms with Crippen LogP contribution in [-0.4, -0.2) is 16.8 Å². The van der Waals surface area contributed by atoms with Gasteiger partial charge in [0.25, 0.3) is 0 Å². The number of hydrogen-bond acceptors (Lipinski definition) is 3. The molecule has 1 aromatic heterocycles. The summed E-state index contributed by atoms with van der Waals surface area (Å²) in [7, 11) is 0. The van der Waals surface area contributed by atoms with E-state index in [1.807, 2.05) is 0 Å². The lowest BCUT2D eigenvalue weighted by atomic mass is 10.2. The minimum Gasteiger partial charge on any atom is -0.477 e. The number of thiol groups is 1. The van der Waals surface area contributed by atoms with Crippen molar-refractivity contribution in [1.82, 2.24) is 0 Å². The van der Waals surface area contributed by atoms with Gasteiger partial charge in [0, 0.05) is 17.7 Å². The molecule has 0 aliphatic rings. The van der Waals surface area contributed by atoms with E-state index in [-0.39, 0.29) is 0 Å². The Balaban J connectivity index is 2.84. The van der Waals surface area contributed by atoms with Gasteiger partial charge in [-0.2, -0.15) is 12.6 Å². The molecule has 0 unspecified atom stereocenters. The molecule has 0 spiro atoms. The largest absolute Gasteiger partial charge is 0.477 e. The molecule has 0 radical (unpaired) electrons. The molecule has 1 aromatic rings. The summed E-state index contributed by atoms with van der Waals surface area (Å²) >= 11 is 5.20. The van der Waals surface area contributed by atoms with Crippen molar-refractivity contribution in [3.63, 3.8) is 0 Å². The van der Waals surface area contributed by atoms with E-state index >= 15 is 0 Å². The lowest BCUT2D eigenvalue weighted by Gasteiger charge is -1.87.